The lowest BCUT2D eigenvalue weighted by Crippen LogP contribution is -1.98. The number of ether oxygens (including phenoxy) is 2. The maximum absolute atomic E-state index is 13.9. The monoisotopic (exact) mass is 253 g/mol. The summed E-state index contributed by atoms with van der Waals surface area (Å²) in [5.74, 6) is -0.0504. The van der Waals surface area contributed by atoms with E-state index in [2.05, 4.69) is 10.1 Å². The van der Waals surface area contributed by atoms with Crippen molar-refractivity contribution in [3.05, 3.63) is 23.8 Å². The number of nitrogens with zero attached hydrogens (tertiary/aromatic N) is 2. The van der Waals surface area contributed by atoms with Crippen molar-refractivity contribution in [3.8, 4) is 22.9 Å². The zero-order valence-corrected chi connectivity index (χ0v) is 9.94. The molecule has 1 aromatic carbocycles. The number of rotatable bonds is 4. The standard InChI is InChI=1S/C11H12FN3O3/c1-16-7-4-3-6(10(17-2)9(7)12)11-14-8(5-13)18-15-11/h3-4H,5,13H2,1-2H3. The Morgan fingerprint density at radius 3 is 2.67 bits per heavy atom. The molecule has 1 heterocycles. The summed E-state index contributed by atoms with van der Waals surface area (Å²) in [6, 6.07) is 3.05. The van der Waals surface area contributed by atoms with Crippen molar-refractivity contribution in [2.24, 2.45) is 5.73 Å². The summed E-state index contributed by atoms with van der Waals surface area (Å²) in [5.41, 5.74) is 5.74. The molecule has 0 saturated heterocycles. The minimum atomic E-state index is -0.614. The van der Waals surface area contributed by atoms with E-state index in [-0.39, 0.29) is 29.8 Å². The summed E-state index contributed by atoms with van der Waals surface area (Å²) in [4.78, 5) is 4.01. The Balaban J connectivity index is 2.53. The molecule has 0 unspecified atom stereocenters. The number of aromatic nitrogens is 2. The normalized spacial score (nSPS) is 10.4. The van der Waals surface area contributed by atoms with Crippen LogP contribution >= 0.6 is 0 Å². The van der Waals surface area contributed by atoms with Gasteiger partial charge in [-0.15, -0.1) is 0 Å². The van der Waals surface area contributed by atoms with Crippen molar-refractivity contribution < 1.29 is 18.4 Å². The van der Waals surface area contributed by atoms with E-state index in [0.717, 1.165) is 0 Å². The number of benzene rings is 1. The van der Waals surface area contributed by atoms with Crippen LogP contribution in [0.5, 0.6) is 11.5 Å². The Hall–Kier alpha value is -2.15. The lowest BCUT2D eigenvalue weighted by atomic mass is 10.1. The predicted molar refractivity (Wildman–Crippen MR) is 60.7 cm³/mol. The van der Waals surface area contributed by atoms with Crippen LogP contribution in [0, 0.1) is 5.82 Å². The third kappa shape index (κ3) is 2.00. The Labute approximate surface area is 103 Å². The first kappa shape index (κ1) is 12.3. The Kier molecular flexibility index (Phi) is 3.42. The minimum Gasteiger partial charge on any atom is -0.494 e. The number of nitrogens with two attached hydrogens (primary N) is 1. The maximum Gasteiger partial charge on any atom is 0.240 e. The van der Waals surface area contributed by atoms with Gasteiger partial charge < -0.3 is 19.7 Å². The number of methoxy groups -OCH3 is 2. The van der Waals surface area contributed by atoms with Crippen LogP contribution in [0.2, 0.25) is 0 Å². The van der Waals surface area contributed by atoms with Gasteiger partial charge in [-0.3, -0.25) is 0 Å². The van der Waals surface area contributed by atoms with Crippen molar-refractivity contribution in [3.63, 3.8) is 0 Å². The third-order valence-electron chi connectivity index (χ3n) is 2.37. The second kappa shape index (κ2) is 5.01. The van der Waals surface area contributed by atoms with Gasteiger partial charge in [-0.1, -0.05) is 5.16 Å². The first-order valence-electron chi connectivity index (χ1n) is 5.14. The lowest BCUT2D eigenvalue weighted by Gasteiger charge is -2.09. The fraction of sp³-hybridized carbons (Fsp3) is 0.273. The first-order valence-corrected chi connectivity index (χ1v) is 5.14. The molecule has 6 nitrogen and oxygen atoms in total. The van der Waals surface area contributed by atoms with Gasteiger partial charge >= 0.3 is 0 Å². The van der Waals surface area contributed by atoms with Crippen LogP contribution in [0.3, 0.4) is 0 Å². The molecule has 0 aliphatic rings. The molecular weight excluding hydrogens is 241 g/mol. The molecule has 0 bridgehead atoms. The van der Waals surface area contributed by atoms with Crippen molar-refractivity contribution in [1.82, 2.24) is 10.1 Å². The van der Waals surface area contributed by atoms with Crippen molar-refractivity contribution in [2.45, 2.75) is 6.54 Å². The molecule has 0 spiro atoms. The quantitative estimate of drug-likeness (QED) is 0.885. The van der Waals surface area contributed by atoms with Crippen LogP contribution < -0.4 is 15.2 Å². The maximum atomic E-state index is 13.9. The topological polar surface area (TPSA) is 83.4 Å². The molecule has 2 aromatic rings. The molecule has 0 fully saturated rings. The van der Waals surface area contributed by atoms with Crippen LogP contribution in [0.15, 0.2) is 16.7 Å². The van der Waals surface area contributed by atoms with Crippen LogP contribution in [0.1, 0.15) is 5.89 Å². The van der Waals surface area contributed by atoms with Gasteiger partial charge in [0.2, 0.25) is 17.5 Å². The highest BCUT2D eigenvalue weighted by Gasteiger charge is 2.19. The predicted octanol–water partition coefficient (Wildman–Crippen LogP) is 1.35. The van der Waals surface area contributed by atoms with E-state index in [9.17, 15) is 4.39 Å². The van der Waals surface area contributed by atoms with Gasteiger partial charge in [0.15, 0.2) is 11.5 Å². The zero-order chi connectivity index (χ0) is 13.1. The average molecular weight is 253 g/mol. The molecule has 0 aliphatic heterocycles. The van der Waals surface area contributed by atoms with Gasteiger partial charge in [0.1, 0.15) is 0 Å². The molecular formula is C11H12FN3O3. The van der Waals surface area contributed by atoms with Crippen LogP contribution in [0.4, 0.5) is 4.39 Å². The van der Waals surface area contributed by atoms with Crippen molar-refractivity contribution >= 4 is 0 Å². The van der Waals surface area contributed by atoms with Gasteiger partial charge in [-0.25, -0.2) is 0 Å². The van der Waals surface area contributed by atoms with Crippen LogP contribution in [-0.2, 0) is 6.54 Å². The van der Waals surface area contributed by atoms with E-state index in [1.807, 2.05) is 0 Å². The molecule has 2 N–H and O–H groups in total. The Morgan fingerprint density at radius 1 is 1.33 bits per heavy atom. The summed E-state index contributed by atoms with van der Waals surface area (Å²) in [6.07, 6.45) is 0. The Bertz CT molecular complexity index is 556. The summed E-state index contributed by atoms with van der Waals surface area (Å²) in [7, 11) is 2.73. The van der Waals surface area contributed by atoms with Gasteiger partial charge in [0.05, 0.1) is 26.3 Å². The largest absolute Gasteiger partial charge is 0.494 e. The van der Waals surface area contributed by atoms with Gasteiger partial charge in [-0.2, -0.15) is 9.37 Å². The highest BCUT2D eigenvalue weighted by atomic mass is 19.1. The molecule has 0 amide bonds. The number of hydrogen-bond donors (Lipinski definition) is 1. The summed E-state index contributed by atoms with van der Waals surface area (Å²) in [6.45, 7) is 0.119. The van der Waals surface area contributed by atoms with E-state index < -0.39 is 5.82 Å². The molecule has 0 aliphatic carbocycles. The number of hydrogen-bond acceptors (Lipinski definition) is 6. The summed E-state index contributed by atoms with van der Waals surface area (Å²) in [5, 5.41) is 3.71. The van der Waals surface area contributed by atoms with E-state index in [1.165, 1.54) is 20.3 Å². The molecule has 0 radical (unpaired) electrons. The number of halogens is 1. The van der Waals surface area contributed by atoms with Crippen LogP contribution in [-0.4, -0.2) is 24.4 Å². The van der Waals surface area contributed by atoms with Crippen molar-refractivity contribution in [1.29, 1.82) is 0 Å². The third-order valence-corrected chi connectivity index (χ3v) is 2.37. The fourth-order valence-electron chi connectivity index (χ4n) is 1.52. The molecule has 0 atom stereocenters. The molecule has 2 rings (SSSR count). The molecule has 18 heavy (non-hydrogen) atoms. The average Bonchev–Trinajstić information content (AvgIpc) is 2.87. The lowest BCUT2D eigenvalue weighted by molar-refractivity contribution is 0.351. The van der Waals surface area contributed by atoms with Crippen LogP contribution in [0.25, 0.3) is 11.4 Å². The molecule has 1 aromatic heterocycles. The second-order valence-electron chi connectivity index (χ2n) is 3.38. The highest BCUT2D eigenvalue weighted by molar-refractivity contribution is 5.66. The molecule has 0 saturated carbocycles. The highest BCUT2D eigenvalue weighted by Crippen LogP contribution is 2.35. The zero-order valence-electron chi connectivity index (χ0n) is 9.94. The summed E-state index contributed by atoms with van der Waals surface area (Å²) < 4.78 is 28.7. The van der Waals surface area contributed by atoms with Gasteiger partial charge in [-0.05, 0) is 12.1 Å². The van der Waals surface area contributed by atoms with E-state index >= 15 is 0 Å². The van der Waals surface area contributed by atoms with E-state index in [1.54, 1.807) is 6.07 Å². The minimum absolute atomic E-state index is 0.00118. The SMILES string of the molecule is COc1ccc(-c2noc(CN)n2)c(OC)c1F. The van der Waals surface area contributed by atoms with E-state index in [0.29, 0.717) is 5.56 Å². The van der Waals surface area contributed by atoms with Crippen molar-refractivity contribution in [2.75, 3.05) is 14.2 Å². The fourth-order valence-corrected chi connectivity index (χ4v) is 1.52. The summed E-state index contributed by atoms with van der Waals surface area (Å²) >= 11 is 0. The van der Waals surface area contributed by atoms with Gasteiger partial charge in [0.25, 0.3) is 0 Å². The van der Waals surface area contributed by atoms with Gasteiger partial charge in [0, 0.05) is 0 Å². The smallest absolute Gasteiger partial charge is 0.240 e. The molecule has 7 heteroatoms. The first-order chi connectivity index (χ1) is 8.71. The Morgan fingerprint density at radius 2 is 2.11 bits per heavy atom. The molecule has 96 valence electrons. The van der Waals surface area contributed by atoms with E-state index in [4.69, 9.17) is 19.7 Å². The second-order valence-corrected chi connectivity index (χ2v) is 3.38.